The number of halogens is 3. The van der Waals surface area contributed by atoms with Gasteiger partial charge in [-0.05, 0) is 17.7 Å². The lowest BCUT2D eigenvalue weighted by Gasteiger charge is -2.01. The summed E-state index contributed by atoms with van der Waals surface area (Å²) in [4.78, 5) is 3.92. The number of hydrogen-bond acceptors (Lipinski definition) is 4. The first-order valence-electron chi connectivity index (χ1n) is 5.65. The predicted molar refractivity (Wildman–Crippen MR) is 62.3 cm³/mol. The summed E-state index contributed by atoms with van der Waals surface area (Å²) in [6.07, 6.45) is -5.06. The maximum atomic E-state index is 12.0. The van der Waals surface area contributed by atoms with Gasteiger partial charge in [-0.1, -0.05) is 17.3 Å². The van der Waals surface area contributed by atoms with Gasteiger partial charge in [0, 0.05) is 12.1 Å². The Balaban J connectivity index is 1.95. The van der Waals surface area contributed by atoms with Crippen LogP contribution in [0.1, 0.15) is 23.7 Å². The summed E-state index contributed by atoms with van der Waals surface area (Å²) >= 11 is 0. The number of rotatable bonds is 4. The van der Waals surface area contributed by atoms with Gasteiger partial charge in [0.2, 0.25) is 5.89 Å². The maximum Gasteiger partial charge on any atom is 0.389 e. The summed E-state index contributed by atoms with van der Waals surface area (Å²) in [5.41, 5.74) is 7.09. The van der Waals surface area contributed by atoms with E-state index in [9.17, 15) is 13.2 Å². The molecule has 1 aromatic carbocycles. The Morgan fingerprint density at radius 2 is 1.84 bits per heavy atom. The van der Waals surface area contributed by atoms with Gasteiger partial charge in [-0.2, -0.15) is 18.2 Å². The van der Waals surface area contributed by atoms with Crippen LogP contribution >= 0.6 is 0 Å². The topological polar surface area (TPSA) is 64.9 Å². The smallest absolute Gasteiger partial charge is 0.389 e. The molecule has 102 valence electrons. The number of aryl methyl sites for hydroxylation is 1. The molecule has 7 heteroatoms. The molecule has 2 aromatic rings. The van der Waals surface area contributed by atoms with Crippen molar-refractivity contribution < 1.29 is 17.7 Å². The summed E-state index contributed by atoms with van der Waals surface area (Å²) in [6.45, 7) is 0. The zero-order valence-electron chi connectivity index (χ0n) is 9.94. The quantitative estimate of drug-likeness (QED) is 0.868. The van der Waals surface area contributed by atoms with E-state index >= 15 is 0 Å². The Kier molecular flexibility index (Phi) is 3.73. The molecule has 0 saturated heterocycles. The minimum atomic E-state index is -4.21. The van der Waals surface area contributed by atoms with E-state index in [1.165, 1.54) is 0 Å². The van der Waals surface area contributed by atoms with E-state index in [1.807, 2.05) is 0 Å². The molecule has 2 N–H and O–H groups in total. The second kappa shape index (κ2) is 5.29. The third-order valence-corrected chi connectivity index (χ3v) is 2.48. The first-order valence-corrected chi connectivity index (χ1v) is 5.65. The van der Waals surface area contributed by atoms with Crippen LogP contribution in [0.4, 0.5) is 18.9 Å². The van der Waals surface area contributed by atoms with Crippen molar-refractivity contribution in [2.24, 2.45) is 0 Å². The average molecular weight is 271 g/mol. The molecule has 0 fully saturated rings. The summed E-state index contributed by atoms with van der Waals surface area (Å²) in [5, 5.41) is 3.52. The molecule has 0 aliphatic carbocycles. The predicted octanol–water partition coefficient (Wildman–Crippen LogP) is 2.74. The molecular weight excluding hydrogens is 259 g/mol. The lowest BCUT2D eigenvalue weighted by molar-refractivity contribution is -0.134. The number of anilines is 1. The average Bonchev–Trinajstić information content (AvgIpc) is 2.77. The van der Waals surface area contributed by atoms with Gasteiger partial charge in [0.1, 0.15) is 0 Å². The SMILES string of the molecule is Nc1ccc(Cc2nc(CCC(F)(F)F)no2)cc1. The highest BCUT2D eigenvalue weighted by molar-refractivity contribution is 5.39. The number of nitrogens with two attached hydrogens (primary N) is 1. The first kappa shape index (κ1) is 13.4. The van der Waals surface area contributed by atoms with Crippen molar-refractivity contribution in [1.82, 2.24) is 10.1 Å². The molecular formula is C12H12F3N3O. The van der Waals surface area contributed by atoms with E-state index in [-0.39, 0.29) is 12.2 Å². The molecule has 0 spiro atoms. The number of alkyl halides is 3. The lowest BCUT2D eigenvalue weighted by Crippen LogP contribution is -2.09. The molecule has 0 aliphatic rings. The van der Waals surface area contributed by atoms with Crippen molar-refractivity contribution in [2.75, 3.05) is 5.73 Å². The van der Waals surface area contributed by atoms with E-state index < -0.39 is 12.6 Å². The summed E-state index contributed by atoms with van der Waals surface area (Å²) < 4.78 is 41.0. The van der Waals surface area contributed by atoms with Gasteiger partial charge >= 0.3 is 6.18 Å². The Morgan fingerprint density at radius 1 is 1.16 bits per heavy atom. The van der Waals surface area contributed by atoms with Gasteiger partial charge in [-0.25, -0.2) is 0 Å². The van der Waals surface area contributed by atoms with E-state index in [4.69, 9.17) is 10.3 Å². The van der Waals surface area contributed by atoms with Gasteiger partial charge in [-0.15, -0.1) is 0 Å². The largest absolute Gasteiger partial charge is 0.399 e. The molecule has 19 heavy (non-hydrogen) atoms. The third-order valence-electron chi connectivity index (χ3n) is 2.48. The normalized spacial score (nSPS) is 11.7. The lowest BCUT2D eigenvalue weighted by atomic mass is 10.1. The fourth-order valence-corrected chi connectivity index (χ4v) is 1.53. The highest BCUT2D eigenvalue weighted by atomic mass is 19.4. The molecule has 0 bridgehead atoms. The van der Waals surface area contributed by atoms with Crippen LogP contribution in [0.25, 0.3) is 0 Å². The van der Waals surface area contributed by atoms with Gasteiger partial charge in [0.25, 0.3) is 0 Å². The minimum absolute atomic E-state index is 0.0720. The summed E-state index contributed by atoms with van der Waals surface area (Å²) in [5.74, 6) is 0.365. The van der Waals surface area contributed by atoms with Crippen molar-refractivity contribution >= 4 is 5.69 Å². The monoisotopic (exact) mass is 271 g/mol. The summed E-state index contributed by atoms with van der Waals surface area (Å²) in [6, 6.07) is 7.07. The fourth-order valence-electron chi connectivity index (χ4n) is 1.53. The van der Waals surface area contributed by atoms with Gasteiger partial charge in [0.05, 0.1) is 12.8 Å². The van der Waals surface area contributed by atoms with Crippen LogP contribution in [0.2, 0.25) is 0 Å². The molecule has 1 aromatic heterocycles. The van der Waals surface area contributed by atoms with E-state index in [0.717, 1.165) is 5.56 Å². The molecule has 1 heterocycles. The molecule has 0 unspecified atom stereocenters. The minimum Gasteiger partial charge on any atom is -0.399 e. The van der Waals surface area contributed by atoms with E-state index in [0.29, 0.717) is 18.0 Å². The van der Waals surface area contributed by atoms with Crippen LogP contribution in [-0.2, 0) is 12.8 Å². The molecule has 0 radical (unpaired) electrons. The number of benzene rings is 1. The zero-order chi connectivity index (χ0) is 13.9. The second-order valence-electron chi connectivity index (χ2n) is 4.14. The molecule has 0 aliphatic heterocycles. The van der Waals surface area contributed by atoms with E-state index in [2.05, 4.69) is 10.1 Å². The van der Waals surface area contributed by atoms with Crippen LogP contribution in [0.15, 0.2) is 28.8 Å². The fraction of sp³-hybridized carbons (Fsp3) is 0.333. The van der Waals surface area contributed by atoms with Crippen LogP contribution in [0.5, 0.6) is 0 Å². The highest BCUT2D eigenvalue weighted by Crippen LogP contribution is 2.21. The molecule has 4 nitrogen and oxygen atoms in total. The Bertz CT molecular complexity index is 534. The van der Waals surface area contributed by atoms with E-state index in [1.54, 1.807) is 24.3 Å². The third kappa shape index (κ3) is 4.27. The number of aromatic nitrogens is 2. The Morgan fingerprint density at radius 3 is 2.47 bits per heavy atom. The molecule has 0 atom stereocenters. The summed E-state index contributed by atoms with van der Waals surface area (Å²) in [7, 11) is 0. The second-order valence-corrected chi connectivity index (χ2v) is 4.14. The number of nitrogen functional groups attached to an aromatic ring is 1. The van der Waals surface area contributed by atoms with Crippen LogP contribution in [-0.4, -0.2) is 16.3 Å². The zero-order valence-corrected chi connectivity index (χ0v) is 9.94. The Labute approximate surface area is 107 Å². The molecule has 0 amide bonds. The molecule has 0 saturated carbocycles. The maximum absolute atomic E-state index is 12.0. The van der Waals surface area contributed by atoms with Crippen molar-refractivity contribution in [3.05, 3.63) is 41.5 Å². The van der Waals surface area contributed by atoms with Gasteiger partial charge in [0.15, 0.2) is 5.82 Å². The number of nitrogens with zero attached hydrogens (tertiary/aromatic N) is 2. The van der Waals surface area contributed by atoms with Crippen LogP contribution in [0, 0.1) is 0 Å². The van der Waals surface area contributed by atoms with Gasteiger partial charge < -0.3 is 10.3 Å². The van der Waals surface area contributed by atoms with Crippen molar-refractivity contribution in [1.29, 1.82) is 0 Å². The highest BCUT2D eigenvalue weighted by Gasteiger charge is 2.27. The van der Waals surface area contributed by atoms with Crippen LogP contribution in [0.3, 0.4) is 0 Å². The van der Waals surface area contributed by atoms with Crippen molar-refractivity contribution in [2.45, 2.75) is 25.4 Å². The Hall–Kier alpha value is -2.05. The standard InChI is InChI=1S/C12H12F3N3O/c13-12(14,15)6-5-10-17-11(19-18-10)7-8-1-3-9(16)4-2-8/h1-4H,5-7,16H2. The number of hydrogen-bond donors (Lipinski definition) is 1. The van der Waals surface area contributed by atoms with Crippen molar-refractivity contribution in [3.8, 4) is 0 Å². The molecule has 2 rings (SSSR count). The van der Waals surface area contributed by atoms with Crippen LogP contribution < -0.4 is 5.73 Å². The van der Waals surface area contributed by atoms with Crippen molar-refractivity contribution in [3.63, 3.8) is 0 Å². The van der Waals surface area contributed by atoms with Gasteiger partial charge in [-0.3, -0.25) is 0 Å². The first-order chi connectivity index (χ1) is 8.92.